The van der Waals surface area contributed by atoms with Crippen LogP contribution in [0.15, 0.2) is 133 Å². The van der Waals surface area contributed by atoms with Gasteiger partial charge in [0.25, 0.3) is 0 Å². The summed E-state index contributed by atoms with van der Waals surface area (Å²) in [6.07, 6.45) is 1.37. The molecule has 4 N–H and O–H groups in total. The average molecular weight is 719 g/mol. The number of rotatable bonds is 9. The van der Waals surface area contributed by atoms with Crippen LogP contribution in [-0.4, -0.2) is 20.4 Å². The Bertz CT molecular complexity index is 2100. The van der Waals surface area contributed by atoms with Crippen molar-refractivity contribution in [3.63, 3.8) is 0 Å². The second kappa shape index (κ2) is 14.4. The lowest BCUT2D eigenvalue weighted by Crippen LogP contribution is -2.31. The van der Waals surface area contributed by atoms with Crippen molar-refractivity contribution in [3.05, 3.63) is 167 Å². The number of hydrogen-bond acceptors (Lipinski definition) is 4. The van der Waals surface area contributed by atoms with E-state index in [1.165, 1.54) is 0 Å². The van der Waals surface area contributed by atoms with Crippen molar-refractivity contribution in [1.82, 2.24) is 0 Å². The topological polar surface area (TPSA) is 80.9 Å². The molecule has 0 amide bonds. The first-order chi connectivity index (χ1) is 25.4. The van der Waals surface area contributed by atoms with Gasteiger partial charge in [0, 0.05) is 22.0 Å². The molecule has 278 valence electrons. The van der Waals surface area contributed by atoms with E-state index in [0.29, 0.717) is 12.8 Å². The molecule has 0 saturated heterocycles. The molecule has 4 nitrogen and oxygen atoms in total. The van der Waals surface area contributed by atoms with Crippen molar-refractivity contribution < 1.29 is 20.4 Å². The first kappa shape index (κ1) is 38.3. The fourth-order valence-electron chi connectivity index (χ4n) is 7.83. The van der Waals surface area contributed by atoms with Crippen LogP contribution < -0.4 is 0 Å². The molecule has 4 heteroatoms. The minimum Gasteiger partial charge on any atom is -0.508 e. The number of phenolic OH excluding ortho intramolecular Hbond substituents is 4. The smallest absolute Gasteiger partial charge is 0.123 e. The predicted octanol–water partition coefficient (Wildman–Crippen LogP) is 12.5. The van der Waals surface area contributed by atoms with Gasteiger partial charge in [-0.15, -0.1) is 0 Å². The first-order valence-corrected chi connectivity index (χ1v) is 18.9. The van der Waals surface area contributed by atoms with Crippen LogP contribution in [0, 0.1) is 0 Å². The van der Waals surface area contributed by atoms with Gasteiger partial charge in [-0.25, -0.2) is 0 Å². The molecule has 6 aromatic rings. The molecule has 54 heavy (non-hydrogen) atoms. The van der Waals surface area contributed by atoms with Crippen molar-refractivity contribution in [2.75, 3.05) is 0 Å². The van der Waals surface area contributed by atoms with Gasteiger partial charge >= 0.3 is 0 Å². The van der Waals surface area contributed by atoms with Gasteiger partial charge in [-0.1, -0.05) is 152 Å². The van der Waals surface area contributed by atoms with E-state index in [-0.39, 0.29) is 33.8 Å². The van der Waals surface area contributed by atoms with Gasteiger partial charge in [0.05, 0.1) is 0 Å². The maximum absolute atomic E-state index is 11.2. The third kappa shape index (κ3) is 7.48. The maximum Gasteiger partial charge on any atom is 0.123 e. The maximum atomic E-state index is 11.2. The van der Waals surface area contributed by atoms with E-state index in [4.69, 9.17) is 0 Å². The van der Waals surface area contributed by atoms with E-state index in [0.717, 1.165) is 55.6 Å². The molecular formula is C50H54O4. The van der Waals surface area contributed by atoms with Gasteiger partial charge in [-0.2, -0.15) is 0 Å². The van der Waals surface area contributed by atoms with Gasteiger partial charge in [-0.05, 0) is 105 Å². The standard InChI is InChI=1S/C50H54O4/c1-47(2,3)41-31-37(21-25-45(41)53)50(8,38-22-26-46(54)42(32-38)48(4,5)6)28-27-49(7,35-19-23-43(51)39(29-35)33-15-11-9-12-16-33)36-20-24-44(52)40(30-36)34-17-13-10-14-18-34/h9-26,29-32,51-54H,27-28H2,1-8H3. The predicted molar refractivity (Wildman–Crippen MR) is 223 cm³/mol. The van der Waals surface area contributed by atoms with Gasteiger partial charge in [0.1, 0.15) is 23.0 Å². The molecular weight excluding hydrogens is 665 g/mol. The van der Waals surface area contributed by atoms with Crippen molar-refractivity contribution in [2.45, 2.75) is 89.9 Å². The summed E-state index contributed by atoms with van der Waals surface area (Å²) < 4.78 is 0. The zero-order valence-electron chi connectivity index (χ0n) is 32.9. The molecule has 0 spiro atoms. The number of hydrogen-bond donors (Lipinski definition) is 4. The quantitative estimate of drug-likeness (QED) is 0.120. The van der Waals surface area contributed by atoms with Gasteiger partial charge in [0.2, 0.25) is 0 Å². The van der Waals surface area contributed by atoms with Crippen LogP contribution in [0.3, 0.4) is 0 Å². The van der Waals surface area contributed by atoms with Gasteiger partial charge < -0.3 is 20.4 Å². The van der Waals surface area contributed by atoms with Crippen LogP contribution in [0.5, 0.6) is 23.0 Å². The van der Waals surface area contributed by atoms with E-state index >= 15 is 0 Å². The highest BCUT2D eigenvalue weighted by molar-refractivity contribution is 5.73. The molecule has 6 rings (SSSR count). The summed E-state index contributed by atoms with van der Waals surface area (Å²) in [5.41, 5.74) is 7.61. The number of benzene rings is 6. The second-order valence-corrected chi connectivity index (χ2v) is 17.3. The molecule has 0 aromatic heterocycles. The zero-order valence-corrected chi connectivity index (χ0v) is 32.9. The normalized spacial score (nSPS) is 12.5. The lowest BCUT2D eigenvalue weighted by molar-refractivity contribution is 0.405. The van der Waals surface area contributed by atoms with E-state index in [9.17, 15) is 20.4 Å². The van der Waals surface area contributed by atoms with E-state index in [1.807, 2.05) is 97.1 Å². The monoisotopic (exact) mass is 718 g/mol. The molecule has 0 aliphatic carbocycles. The van der Waals surface area contributed by atoms with Crippen LogP contribution in [0.2, 0.25) is 0 Å². The van der Waals surface area contributed by atoms with Crippen molar-refractivity contribution in [1.29, 1.82) is 0 Å². The molecule has 0 fully saturated rings. The van der Waals surface area contributed by atoms with Crippen molar-refractivity contribution >= 4 is 0 Å². The Balaban J connectivity index is 1.57. The Kier molecular flexibility index (Phi) is 10.2. The minimum atomic E-state index is -0.594. The summed E-state index contributed by atoms with van der Waals surface area (Å²) in [6, 6.07) is 43.7. The Hall–Kier alpha value is -5.48. The lowest BCUT2D eigenvalue weighted by atomic mass is 9.64. The van der Waals surface area contributed by atoms with Gasteiger partial charge in [0.15, 0.2) is 0 Å². The fourth-order valence-corrected chi connectivity index (χ4v) is 7.83. The average Bonchev–Trinajstić information content (AvgIpc) is 3.14. The fraction of sp³-hybridized carbons (Fsp3) is 0.280. The highest BCUT2D eigenvalue weighted by atomic mass is 16.3. The third-order valence-electron chi connectivity index (χ3n) is 11.4. The van der Waals surface area contributed by atoms with Crippen molar-refractivity contribution in [2.24, 2.45) is 0 Å². The molecule has 0 bridgehead atoms. The largest absolute Gasteiger partial charge is 0.508 e. The summed E-state index contributed by atoms with van der Waals surface area (Å²) in [5, 5.41) is 44.5. The van der Waals surface area contributed by atoms with Crippen LogP contribution in [0.1, 0.15) is 102 Å². The van der Waals surface area contributed by atoms with E-state index in [2.05, 4.69) is 79.7 Å². The third-order valence-corrected chi connectivity index (χ3v) is 11.4. The molecule has 0 heterocycles. The van der Waals surface area contributed by atoms with Gasteiger partial charge in [-0.3, -0.25) is 0 Å². The molecule has 6 aromatic carbocycles. The minimum absolute atomic E-state index is 0.213. The molecule has 0 radical (unpaired) electrons. The first-order valence-electron chi connectivity index (χ1n) is 18.9. The molecule has 0 saturated carbocycles. The van der Waals surface area contributed by atoms with Crippen LogP contribution in [0.4, 0.5) is 0 Å². The molecule has 0 aliphatic rings. The molecule has 0 aliphatic heterocycles. The second-order valence-electron chi connectivity index (χ2n) is 17.3. The summed E-state index contributed by atoms with van der Waals surface area (Å²) in [5.74, 6) is 0.972. The Morgan fingerprint density at radius 1 is 0.352 bits per heavy atom. The Labute approximate surface area is 321 Å². The lowest BCUT2D eigenvalue weighted by Gasteiger charge is -2.39. The number of aromatic hydroxyl groups is 4. The van der Waals surface area contributed by atoms with Crippen LogP contribution >= 0.6 is 0 Å². The van der Waals surface area contributed by atoms with Crippen LogP contribution in [-0.2, 0) is 21.7 Å². The Morgan fingerprint density at radius 2 is 0.648 bits per heavy atom. The Morgan fingerprint density at radius 3 is 0.963 bits per heavy atom. The summed E-state index contributed by atoms with van der Waals surface area (Å²) in [7, 11) is 0. The van der Waals surface area contributed by atoms with E-state index in [1.54, 1.807) is 12.1 Å². The summed E-state index contributed by atoms with van der Waals surface area (Å²) >= 11 is 0. The summed E-state index contributed by atoms with van der Waals surface area (Å²) in [6.45, 7) is 17.2. The van der Waals surface area contributed by atoms with Crippen molar-refractivity contribution in [3.8, 4) is 45.3 Å². The highest BCUT2D eigenvalue weighted by Crippen LogP contribution is 2.49. The zero-order chi connectivity index (χ0) is 39.1. The van der Waals surface area contributed by atoms with Crippen LogP contribution in [0.25, 0.3) is 22.3 Å². The van der Waals surface area contributed by atoms with E-state index < -0.39 is 10.8 Å². The summed E-state index contributed by atoms with van der Waals surface area (Å²) in [4.78, 5) is 0. The highest BCUT2D eigenvalue weighted by Gasteiger charge is 2.38. The molecule has 0 atom stereocenters. The SMILES string of the molecule is CC(C)(C)c1cc(C(C)(CCC(C)(c2ccc(O)c(-c3ccccc3)c2)c2ccc(O)c(-c3ccccc3)c2)c2ccc(O)c(C(C)(C)C)c2)ccc1O. The number of phenols is 4. The molecule has 0 unspecified atom stereocenters.